The first-order chi connectivity index (χ1) is 13.1. The lowest BCUT2D eigenvalue weighted by molar-refractivity contribution is -0.125. The van der Waals surface area contributed by atoms with Crippen LogP contribution in [0.3, 0.4) is 0 Å². The third kappa shape index (κ3) is 3.57. The first-order valence-electron chi connectivity index (χ1n) is 8.62. The van der Waals surface area contributed by atoms with Crippen LogP contribution in [0.25, 0.3) is 10.9 Å². The summed E-state index contributed by atoms with van der Waals surface area (Å²) in [6.07, 6.45) is 3.17. The van der Waals surface area contributed by atoms with Gasteiger partial charge in [-0.2, -0.15) is 0 Å². The van der Waals surface area contributed by atoms with Crippen molar-refractivity contribution >= 4 is 34.0 Å². The molecule has 0 saturated heterocycles. The van der Waals surface area contributed by atoms with Gasteiger partial charge in [0.05, 0.1) is 11.2 Å². The number of anilines is 2. The molecule has 27 heavy (non-hydrogen) atoms. The van der Waals surface area contributed by atoms with E-state index in [0.29, 0.717) is 12.1 Å². The lowest BCUT2D eigenvalue weighted by atomic mass is 10.1. The molecule has 3 aromatic rings. The molecule has 0 aliphatic carbocycles. The maximum Gasteiger partial charge on any atom is 0.268 e. The molecule has 0 saturated carbocycles. The normalized spacial score (nSPS) is 15.9. The molecule has 0 fully saturated rings. The van der Waals surface area contributed by atoms with Gasteiger partial charge in [0.25, 0.3) is 5.91 Å². The molecule has 0 unspecified atom stereocenters. The summed E-state index contributed by atoms with van der Waals surface area (Å²) < 4.78 is 0. The molecule has 1 aliphatic heterocycles. The summed E-state index contributed by atoms with van der Waals surface area (Å²) in [4.78, 5) is 28.4. The van der Waals surface area contributed by atoms with Crippen LogP contribution in [0.1, 0.15) is 12.0 Å². The highest BCUT2D eigenvalue weighted by Crippen LogP contribution is 2.22. The summed E-state index contributed by atoms with van der Waals surface area (Å²) in [5.41, 5.74) is 3.23. The second-order valence-corrected chi connectivity index (χ2v) is 6.53. The van der Waals surface area contributed by atoms with Gasteiger partial charge >= 0.3 is 0 Å². The second-order valence-electron chi connectivity index (χ2n) is 6.53. The molecule has 136 valence electrons. The fraction of sp³-hybridized carbons (Fsp3) is 0.200. The standard InChI is InChI=1S/C20H19N5O2/c1-25(2)19-6-3-14-11-15(4-5-16(14)23-19)22-20(26)18-12-17(24-27-18)13-7-9-21-10-8-13/h3-11,18H,12H2,1-2H3,(H,22,26)/t18-/m0/s1. The van der Waals surface area contributed by atoms with E-state index in [-0.39, 0.29) is 5.91 Å². The average Bonchev–Trinajstić information content (AvgIpc) is 3.18. The lowest BCUT2D eigenvalue weighted by Crippen LogP contribution is -2.28. The van der Waals surface area contributed by atoms with E-state index >= 15 is 0 Å². The predicted octanol–water partition coefficient (Wildman–Crippen LogP) is 2.83. The number of pyridine rings is 2. The van der Waals surface area contributed by atoms with E-state index in [2.05, 4.69) is 20.4 Å². The second kappa shape index (κ2) is 7.03. The Kier molecular flexibility index (Phi) is 4.42. The minimum Gasteiger partial charge on any atom is -0.382 e. The minimum absolute atomic E-state index is 0.222. The fourth-order valence-corrected chi connectivity index (χ4v) is 2.90. The highest BCUT2D eigenvalue weighted by Gasteiger charge is 2.29. The third-order valence-corrected chi connectivity index (χ3v) is 4.38. The van der Waals surface area contributed by atoms with Gasteiger partial charge in [0.15, 0.2) is 0 Å². The van der Waals surface area contributed by atoms with Crippen molar-refractivity contribution in [1.82, 2.24) is 9.97 Å². The Labute approximate surface area is 156 Å². The van der Waals surface area contributed by atoms with E-state index in [1.165, 1.54) is 0 Å². The number of oxime groups is 1. The molecule has 7 heteroatoms. The van der Waals surface area contributed by atoms with Crippen LogP contribution in [0.4, 0.5) is 11.5 Å². The number of nitrogens with zero attached hydrogens (tertiary/aromatic N) is 4. The maximum atomic E-state index is 12.5. The number of rotatable bonds is 4. The number of hydrogen-bond donors (Lipinski definition) is 1. The van der Waals surface area contributed by atoms with E-state index in [1.807, 2.05) is 61.5 Å². The van der Waals surface area contributed by atoms with Crippen LogP contribution in [0, 0.1) is 0 Å². The van der Waals surface area contributed by atoms with Crippen LogP contribution in [-0.4, -0.2) is 41.8 Å². The minimum atomic E-state index is -0.641. The number of fused-ring (bicyclic) bond motifs is 1. The SMILES string of the molecule is CN(C)c1ccc2cc(NC(=O)[C@@H]3CC(c4ccncc4)=NO3)ccc2n1. The maximum absolute atomic E-state index is 12.5. The van der Waals surface area contributed by atoms with Gasteiger partial charge in [0.1, 0.15) is 5.82 Å². The van der Waals surface area contributed by atoms with Gasteiger partial charge in [-0.05, 0) is 42.5 Å². The van der Waals surface area contributed by atoms with Gasteiger partial charge in [-0.15, -0.1) is 0 Å². The Morgan fingerprint density at radius 2 is 1.96 bits per heavy atom. The highest BCUT2D eigenvalue weighted by molar-refractivity contribution is 6.06. The van der Waals surface area contributed by atoms with Gasteiger partial charge in [-0.1, -0.05) is 5.16 Å². The summed E-state index contributed by atoms with van der Waals surface area (Å²) in [5.74, 6) is 0.666. The van der Waals surface area contributed by atoms with Gasteiger partial charge in [-0.25, -0.2) is 4.98 Å². The smallest absolute Gasteiger partial charge is 0.268 e. The topological polar surface area (TPSA) is 79.7 Å². The average molecular weight is 361 g/mol. The number of benzene rings is 1. The Bertz CT molecular complexity index is 1020. The summed E-state index contributed by atoms with van der Waals surface area (Å²) in [5, 5.41) is 7.90. The summed E-state index contributed by atoms with van der Waals surface area (Å²) in [7, 11) is 3.90. The predicted molar refractivity (Wildman–Crippen MR) is 105 cm³/mol. The molecule has 2 aromatic heterocycles. The first-order valence-corrected chi connectivity index (χ1v) is 8.62. The Hall–Kier alpha value is -3.48. The molecular weight excluding hydrogens is 342 g/mol. The molecule has 7 nitrogen and oxygen atoms in total. The van der Waals surface area contributed by atoms with Crippen molar-refractivity contribution in [3.8, 4) is 0 Å². The molecule has 0 bridgehead atoms. The number of carbonyl (C=O) groups excluding carboxylic acids is 1. The zero-order chi connectivity index (χ0) is 18.8. The zero-order valence-electron chi connectivity index (χ0n) is 15.1. The van der Waals surface area contributed by atoms with Crippen molar-refractivity contribution in [2.24, 2.45) is 5.16 Å². The molecule has 1 aromatic carbocycles. The van der Waals surface area contributed by atoms with Crippen molar-refractivity contribution in [2.45, 2.75) is 12.5 Å². The van der Waals surface area contributed by atoms with E-state index in [4.69, 9.17) is 4.84 Å². The van der Waals surface area contributed by atoms with Gasteiger partial charge in [0, 0.05) is 49.5 Å². The van der Waals surface area contributed by atoms with Gasteiger partial charge < -0.3 is 15.1 Å². The lowest BCUT2D eigenvalue weighted by Gasteiger charge is -2.13. The molecule has 1 atom stereocenters. The molecule has 1 amide bonds. The van der Waals surface area contributed by atoms with Crippen LogP contribution in [0.5, 0.6) is 0 Å². The van der Waals surface area contributed by atoms with Gasteiger partial charge in [-0.3, -0.25) is 9.78 Å². The number of nitrogens with one attached hydrogen (secondary N) is 1. The fourth-order valence-electron chi connectivity index (χ4n) is 2.90. The molecule has 1 N–H and O–H groups in total. The van der Waals surface area contributed by atoms with E-state index in [1.54, 1.807) is 12.4 Å². The summed E-state index contributed by atoms with van der Waals surface area (Å²) in [6.45, 7) is 0. The van der Waals surface area contributed by atoms with Crippen molar-refractivity contribution in [3.05, 3.63) is 60.4 Å². The van der Waals surface area contributed by atoms with E-state index in [0.717, 1.165) is 28.0 Å². The Morgan fingerprint density at radius 3 is 2.74 bits per heavy atom. The zero-order valence-corrected chi connectivity index (χ0v) is 15.1. The van der Waals surface area contributed by atoms with Crippen LogP contribution in [0.2, 0.25) is 0 Å². The molecule has 4 rings (SSSR count). The quantitative estimate of drug-likeness (QED) is 0.773. The first kappa shape index (κ1) is 17.0. The Balaban J connectivity index is 1.45. The van der Waals surface area contributed by atoms with Crippen LogP contribution >= 0.6 is 0 Å². The largest absolute Gasteiger partial charge is 0.382 e. The van der Waals surface area contributed by atoms with Crippen molar-refractivity contribution in [3.63, 3.8) is 0 Å². The van der Waals surface area contributed by atoms with Crippen LogP contribution in [0.15, 0.2) is 60.0 Å². The van der Waals surface area contributed by atoms with Crippen molar-refractivity contribution in [1.29, 1.82) is 0 Å². The molecule has 0 spiro atoms. The molecule has 3 heterocycles. The van der Waals surface area contributed by atoms with E-state index < -0.39 is 6.10 Å². The summed E-state index contributed by atoms with van der Waals surface area (Å²) >= 11 is 0. The number of carbonyl (C=O) groups is 1. The van der Waals surface area contributed by atoms with Crippen molar-refractivity contribution < 1.29 is 9.63 Å². The van der Waals surface area contributed by atoms with Gasteiger partial charge in [0.2, 0.25) is 6.10 Å². The number of hydrogen-bond acceptors (Lipinski definition) is 6. The monoisotopic (exact) mass is 361 g/mol. The highest BCUT2D eigenvalue weighted by atomic mass is 16.6. The molecule has 0 radical (unpaired) electrons. The summed E-state index contributed by atoms with van der Waals surface area (Å²) in [6, 6.07) is 13.3. The number of aromatic nitrogens is 2. The van der Waals surface area contributed by atoms with Crippen LogP contribution in [-0.2, 0) is 9.63 Å². The molecule has 1 aliphatic rings. The molecular formula is C20H19N5O2. The third-order valence-electron chi connectivity index (χ3n) is 4.38. The van der Waals surface area contributed by atoms with E-state index in [9.17, 15) is 4.79 Å². The number of amides is 1. The van der Waals surface area contributed by atoms with Crippen molar-refractivity contribution in [2.75, 3.05) is 24.3 Å². The van der Waals surface area contributed by atoms with Crippen LogP contribution < -0.4 is 10.2 Å². The Morgan fingerprint density at radius 1 is 1.15 bits per heavy atom.